The van der Waals surface area contributed by atoms with Gasteiger partial charge >= 0.3 is 0 Å². The van der Waals surface area contributed by atoms with Gasteiger partial charge in [-0.2, -0.15) is 0 Å². The van der Waals surface area contributed by atoms with Crippen LogP contribution in [0.4, 0.5) is 0 Å². The fraction of sp³-hybridized carbons (Fsp3) is 0.550. The Labute approximate surface area is 149 Å². The molecular weight excluding hydrogens is 316 g/mol. The van der Waals surface area contributed by atoms with Crippen molar-refractivity contribution in [3.05, 3.63) is 35.4 Å². The summed E-state index contributed by atoms with van der Waals surface area (Å²) in [5.74, 6) is 0.351. The average molecular weight is 342 g/mol. The summed E-state index contributed by atoms with van der Waals surface area (Å²) in [4.78, 5) is 40.4. The second-order valence-corrected chi connectivity index (χ2v) is 7.09. The molecule has 25 heavy (non-hydrogen) atoms. The third-order valence-electron chi connectivity index (χ3n) is 5.52. The number of carbonyl (C=O) groups is 3. The lowest BCUT2D eigenvalue weighted by molar-refractivity contribution is -0.132. The maximum atomic E-state index is 12.4. The van der Waals surface area contributed by atoms with Crippen LogP contribution < -0.4 is 0 Å². The Balaban J connectivity index is 1.47. The molecule has 0 aliphatic carbocycles. The van der Waals surface area contributed by atoms with Gasteiger partial charge in [0.2, 0.25) is 5.91 Å². The van der Waals surface area contributed by atoms with Crippen LogP contribution in [0.25, 0.3) is 0 Å². The van der Waals surface area contributed by atoms with Crippen LogP contribution in [0.15, 0.2) is 24.3 Å². The first-order valence-corrected chi connectivity index (χ1v) is 9.29. The fourth-order valence-corrected chi connectivity index (χ4v) is 4.07. The third kappa shape index (κ3) is 3.32. The SMILES string of the molecule is CC[C@@H]1[C@H](C)CCN1C(=O)CCCCN1C(=O)c2ccccc2C1=O. The van der Waals surface area contributed by atoms with Gasteiger partial charge in [-0.15, -0.1) is 0 Å². The van der Waals surface area contributed by atoms with Gasteiger partial charge in [0.05, 0.1) is 11.1 Å². The summed E-state index contributed by atoms with van der Waals surface area (Å²) in [5, 5.41) is 0. The number of likely N-dealkylation sites (tertiary alicyclic amines) is 1. The predicted octanol–water partition coefficient (Wildman–Crippen LogP) is 3.10. The number of benzene rings is 1. The number of hydrogen-bond acceptors (Lipinski definition) is 3. The number of nitrogens with zero attached hydrogens (tertiary/aromatic N) is 2. The highest BCUT2D eigenvalue weighted by Gasteiger charge is 2.35. The highest BCUT2D eigenvalue weighted by Crippen LogP contribution is 2.27. The molecule has 0 bridgehead atoms. The van der Waals surface area contributed by atoms with Crippen molar-refractivity contribution in [3.8, 4) is 0 Å². The number of unbranched alkanes of at least 4 members (excludes halogenated alkanes) is 1. The Hall–Kier alpha value is -2.17. The molecule has 1 aromatic carbocycles. The number of fused-ring (bicyclic) bond motifs is 1. The molecule has 2 aliphatic rings. The standard InChI is InChI=1S/C20H26N2O3/c1-3-17-14(2)11-13-21(17)18(23)10-6-7-12-22-19(24)15-8-4-5-9-16(15)20(22)25/h4-5,8-9,14,17H,3,6-7,10-13H2,1-2H3/t14-,17-/m1/s1. The van der Waals surface area contributed by atoms with Crippen LogP contribution in [0, 0.1) is 5.92 Å². The first-order chi connectivity index (χ1) is 12.0. The quantitative estimate of drug-likeness (QED) is 0.590. The van der Waals surface area contributed by atoms with E-state index in [4.69, 9.17) is 0 Å². The van der Waals surface area contributed by atoms with Gasteiger partial charge in [-0.3, -0.25) is 19.3 Å². The molecule has 1 saturated heterocycles. The normalized spacial score (nSPS) is 22.6. The summed E-state index contributed by atoms with van der Waals surface area (Å²) >= 11 is 0. The van der Waals surface area contributed by atoms with E-state index in [1.165, 1.54) is 4.90 Å². The minimum absolute atomic E-state index is 0.207. The Morgan fingerprint density at radius 2 is 1.76 bits per heavy atom. The van der Waals surface area contributed by atoms with Gasteiger partial charge in [-0.05, 0) is 43.7 Å². The smallest absolute Gasteiger partial charge is 0.261 e. The highest BCUT2D eigenvalue weighted by atomic mass is 16.2. The van der Waals surface area contributed by atoms with Crippen molar-refractivity contribution < 1.29 is 14.4 Å². The minimum atomic E-state index is -0.216. The molecule has 3 rings (SSSR count). The molecule has 0 spiro atoms. The lowest BCUT2D eigenvalue weighted by Gasteiger charge is -2.26. The van der Waals surface area contributed by atoms with E-state index in [9.17, 15) is 14.4 Å². The summed E-state index contributed by atoms with van der Waals surface area (Å²) in [6.45, 7) is 5.59. The van der Waals surface area contributed by atoms with Crippen molar-refractivity contribution in [1.82, 2.24) is 9.80 Å². The van der Waals surface area contributed by atoms with Crippen molar-refractivity contribution in [2.45, 2.75) is 52.0 Å². The average Bonchev–Trinajstić information content (AvgIpc) is 3.11. The predicted molar refractivity (Wildman–Crippen MR) is 95.2 cm³/mol. The van der Waals surface area contributed by atoms with Gasteiger partial charge in [-0.1, -0.05) is 26.0 Å². The molecule has 0 radical (unpaired) electrons. The summed E-state index contributed by atoms with van der Waals surface area (Å²) in [5.41, 5.74) is 0.973. The first-order valence-electron chi connectivity index (χ1n) is 9.29. The number of imide groups is 1. The molecule has 1 fully saturated rings. The van der Waals surface area contributed by atoms with Crippen LogP contribution in [0.1, 0.15) is 66.7 Å². The molecule has 134 valence electrons. The number of amides is 3. The van der Waals surface area contributed by atoms with Crippen molar-refractivity contribution in [3.63, 3.8) is 0 Å². The molecule has 2 heterocycles. The highest BCUT2D eigenvalue weighted by molar-refractivity contribution is 6.21. The van der Waals surface area contributed by atoms with E-state index >= 15 is 0 Å². The van der Waals surface area contributed by atoms with Crippen LogP contribution in [0.2, 0.25) is 0 Å². The van der Waals surface area contributed by atoms with E-state index in [2.05, 4.69) is 13.8 Å². The Morgan fingerprint density at radius 1 is 1.12 bits per heavy atom. The zero-order chi connectivity index (χ0) is 18.0. The lowest BCUT2D eigenvalue weighted by atomic mass is 10.0. The van der Waals surface area contributed by atoms with Crippen LogP contribution in [0.3, 0.4) is 0 Å². The molecule has 2 atom stereocenters. The van der Waals surface area contributed by atoms with E-state index in [-0.39, 0.29) is 17.7 Å². The molecule has 1 aromatic rings. The molecular formula is C20H26N2O3. The molecule has 0 N–H and O–H groups in total. The van der Waals surface area contributed by atoms with Crippen molar-refractivity contribution in [2.24, 2.45) is 5.92 Å². The van der Waals surface area contributed by atoms with Crippen LogP contribution in [-0.4, -0.2) is 46.7 Å². The van der Waals surface area contributed by atoms with Gasteiger partial charge < -0.3 is 4.90 Å². The number of carbonyl (C=O) groups excluding carboxylic acids is 3. The van der Waals surface area contributed by atoms with Gasteiger partial charge in [0.1, 0.15) is 0 Å². The van der Waals surface area contributed by atoms with Crippen LogP contribution >= 0.6 is 0 Å². The van der Waals surface area contributed by atoms with Crippen LogP contribution in [0.5, 0.6) is 0 Å². The van der Waals surface area contributed by atoms with E-state index in [1.54, 1.807) is 24.3 Å². The van der Waals surface area contributed by atoms with Gasteiger partial charge in [0.25, 0.3) is 11.8 Å². The monoisotopic (exact) mass is 342 g/mol. The number of rotatable bonds is 6. The molecule has 5 heteroatoms. The van der Waals surface area contributed by atoms with Crippen LogP contribution in [-0.2, 0) is 4.79 Å². The minimum Gasteiger partial charge on any atom is -0.339 e. The third-order valence-corrected chi connectivity index (χ3v) is 5.52. The summed E-state index contributed by atoms with van der Waals surface area (Å²) in [6.07, 6.45) is 3.94. The van der Waals surface area contributed by atoms with Gasteiger partial charge in [-0.25, -0.2) is 0 Å². The fourth-order valence-electron chi connectivity index (χ4n) is 4.07. The maximum absolute atomic E-state index is 12.4. The largest absolute Gasteiger partial charge is 0.339 e. The second kappa shape index (κ2) is 7.38. The van der Waals surface area contributed by atoms with E-state index in [0.717, 1.165) is 19.4 Å². The Morgan fingerprint density at radius 3 is 2.36 bits per heavy atom. The van der Waals surface area contributed by atoms with Gasteiger partial charge in [0.15, 0.2) is 0 Å². The molecule has 5 nitrogen and oxygen atoms in total. The zero-order valence-electron chi connectivity index (χ0n) is 15.0. The Bertz CT molecular complexity index is 650. The summed E-state index contributed by atoms with van der Waals surface area (Å²) < 4.78 is 0. The molecule has 0 saturated carbocycles. The summed E-state index contributed by atoms with van der Waals surface area (Å²) in [6, 6.07) is 7.29. The molecule has 0 aromatic heterocycles. The van der Waals surface area contributed by atoms with Crippen molar-refractivity contribution in [1.29, 1.82) is 0 Å². The molecule has 0 unspecified atom stereocenters. The van der Waals surface area contributed by atoms with E-state index < -0.39 is 0 Å². The Kier molecular flexibility index (Phi) is 5.21. The van der Waals surface area contributed by atoms with Gasteiger partial charge in [0, 0.05) is 25.6 Å². The maximum Gasteiger partial charge on any atom is 0.261 e. The van der Waals surface area contributed by atoms with E-state index in [0.29, 0.717) is 48.9 Å². The zero-order valence-corrected chi connectivity index (χ0v) is 15.0. The number of hydrogen-bond donors (Lipinski definition) is 0. The van der Waals surface area contributed by atoms with Crippen molar-refractivity contribution >= 4 is 17.7 Å². The topological polar surface area (TPSA) is 57.7 Å². The van der Waals surface area contributed by atoms with Crippen molar-refractivity contribution in [2.75, 3.05) is 13.1 Å². The second-order valence-electron chi connectivity index (χ2n) is 7.09. The lowest BCUT2D eigenvalue weighted by Crippen LogP contribution is -2.37. The molecule has 2 aliphatic heterocycles. The first kappa shape index (κ1) is 17.6. The summed E-state index contributed by atoms with van der Waals surface area (Å²) in [7, 11) is 0. The van der Waals surface area contributed by atoms with E-state index in [1.807, 2.05) is 4.90 Å². The molecule has 3 amide bonds.